The Bertz CT molecular complexity index is 833. The zero-order chi connectivity index (χ0) is 17.3. The molecule has 1 aromatic carbocycles. The highest BCUT2D eigenvalue weighted by atomic mass is 16.3. The van der Waals surface area contributed by atoms with Crippen molar-refractivity contribution < 1.29 is 4.42 Å². The van der Waals surface area contributed by atoms with E-state index in [4.69, 9.17) is 4.42 Å². The molecule has 5 rings (SSSR count). The van der Waals surface area contributed by atoms with Crippen molar-refractivity contribution in [3.8, 4) is 11.5 Å². The van der Waals surface area contributed by atoms with E-state index in [1.165, 1.54) is 18.7 Å². The summed E-state index contributed by atoms with van der Waals surface area (Å²) >= 11 is 0. The van der Waals surface area contributed by atoms with Crippen molar-refractivity contribution in [1.29, 1.82) is 0 Å². The quantitative estimate of drug-likeness (QED) is 0.725. The highest BCUT2D eigenvalue weighted by Crippen LogP contribution is 2.34. The van der Waals surface area contributed by atoms with Gasteiger partial charge in [0, 0.05) is 32.7 Å². The second-order valence-corrected chi connectivity index (χ2v) is 7.36. The van der Waals surface area contributed by atoms with Crippen LogP contribution in [0.3, 0.4) is 0 Å². The normalized spacial score (nSPS) is 22.7. The van der Waals surface area contributed by atoms with E-state index in [-0.39, 0.29) is 0 Å². The molecule has 5 nitrogen and oxygen atoms in total. The van der Waals surface area contributed by atoms with Crippen LogP contribution in [0.1, 0.15) is 5.56 Å². The van der Waals surface area contributed by atoms with Crippen LogP contribution in [0.25, 0.3) is 11.5 Å². The van der Waals surface area contributed by atoms with Crippen LogP contribution in [0.15, 0.2) is 65.3 Å². The third kappa shape index (κ3) is 2.99. The summed E-state index contributed by atoms with van der Waals surface area (Å²) < 4.78 is 5.38. The number of nitrogens with zero attached hydrogens (tertiary/aromatic N) is 4. The number of aromatic nitrogens is 2. The summed E-state index contributed by atoms with van der Waals surface area (Å²) in [5.74, 6) is 3.19. The largest absolute Gasteiger partial charge is 0.463 e. The van der Waals surface area contributed by atoms with Crippen LogP contribution in [-0.2, 0) is 6.54 Å². The Balaban J connectivity index is 1.21. The van der Waals surface area contributed by atoms with Gasteiger partial charge < -0.3 is 9.32 Å². The second kappa shape index (κ2) is 6.57. The zero-order valence-electron chi connectivity index (χ0n) is 14.7. The summed E-state index contributed by atoms with van der Waals surface area (Å²) in [4.78, 5) is 4.97. The molecule has 0 amide bonds. The average molecular weight is 346 g/mol. The monoisotopic (exact) mass is 346 g/mol. The van der Waals surface area contributed by atoms with Gasteiger partial charge in [-0.3, -0.25) is 4.90 Å². The molecule has 4 heterocycles. The summed E-state index contributed by atoms with van der Waals surface area (Å²) in [7, 11) is 0. The van der Waals surface area contributed by atoms with E-state index in [9.17, 15) is 0 Å². The Kier molecular flexibility index (Phi) is 3.94. The molecule has 2 fully saturated rings. The molecule has 3 aromatic rings. The summed E-state index contributed by atoms with van der Waals surface area (Å²) in [6.45, 7) is 5.56. The number of likely N-dealkylation sites (tertiary alicyclic amines) is 1. The van der Waals surface area contributed by atoms with Gasteiger partial charge in [-0.1, -0.05) is 30.3 Å². The van der Waals surface area contributed by atoms with Crippen molar-refractivity contribution in [2.45, 2.75) is 6.54 Å². The van der Waals surface area contributed by atoms with Crippen LogP contribution in [0, 0.1) is 11.8 Å². The fourth-order valence-corrected chi connectivity index (χ4v) is 4.30. The summed E-state index contributed by atoms with van der Waals surface area (Å²) in [6, 6.07) is 18.6. The van der Waals surface area contributed by atoms with Crippen LogP contribution in [0.4, 0.5) is 5.82 Å². The number of furan rings is 1. The van der Waals surface area contributed by atoms with E-state index >= 15 is 0 Å². The Hall–Kier alpha value is -2.66. The lowest BCUT2D eigenvalue weighted by atomic mass is 10.0. The molecule has 0 N–H and O–H groups in total. The second-order valence-electron chi connectivity index (χ2n) is 7.36. The summed E-state index contributed by atoms with van der Waals surface area (Å²) in [5, 5.41) is 8.77. The molecule has 2 aromatic heterocycles. The molecule has 26 heavy (non-hydrogen) atoms. The first-order valence-corrected chi connectivity index (χ1v) is 9.24. The maximum absolute atomic E-state index is 5.38. The standard InChI is InChI=1S/C21H22N4O/c1-2-5-16(6-3-1)11-24-12-17-14-25(15-18(17)13-24)21-9-8-19(22-23-21)20-7-4-10-26-20/h1-10,17-18H,11-15H2/t17-,18+. The van der Waals surface area contributed by atoms with Gasteiger partial charge >= 0.3 is 0 Å². The molecule has 2 aliphatic heterocycles. The van der Waals surface area contributed by atoms with Gasteiger partial charge in [-0.05, 0) is 41.7 Å². The number of fused-ring (bicyclic) bond motifs is 1. The van der Waals surface area contributed by atoms with E-state index in [0.717, 1.165) is 48.7 Å². The van der Waals surface area contributed by atoms with E-state index in [0.29, 0.717) is 0 Å². The van der Waals surface area contributed by atoms with Gasteiger partial charge in [0.1, 0.15) is 5.69 Å². The van der Waals surface area contributed by atoms with Crippen LogP contribution in [0.5, 0.6) is 0 Å². The van der Waals surface area contributed by atoms with Crippen LogP contribution < -0.4 is 4.90 Å². The van der Waals surface area contributed by atoms with Crippen molar-refractivity contribution in [2.75, 3.05) is 31.1 Å². The maximum atomic E-state index is 5.38. The molecule has 0 radical (unpaired) electrons. The molecule has 2 atom stereocenters. The highest BCUT2D eigenvalue weighted by Gasteiger charge is 2.40. The number of hydrogen-bond donors (Lipinski definition) is 0. The average Bonchev–Trinajstić information content (AvgIpc) is 3.39. The van der Waals surface area contributed by atoms with E-state index in [1.807, 2.05) is 18.2 Å². The summed E-state index contributed by atoms with van der Waals surface area (Å²) in [5.41, 5.74) is 2.19. The Labute approximate surface area is 153 Å². The first-order chi connectivity index (χ1) is 12.8. The minimum atomic E-state index is 0.727. The molecule has 0 bridgehead atoms. The van der Waals surface area contributed by atoms with Gasteiger partial charge in [0.05, 0.1) is 6.26 Å². The molecular formula is C21H22N4O. The van der Waals surface area contributed by atoms with E-state index in [1.54, 1.807) is 6.26 Å². The molecule has 132 valence electrons. The van der Waals surface area contributed by atoms with Gasteiger partial charge in [0.15, 0.2) is 11.6 Å². The number of benzene rings is 1. The topological polar surface area (TPSA) is 45.4 Å². The van der Waals surface area contributed by atoms with Gasteiger partial charge in [-0.2, -0.15) is 0 Å². The van der Waals surface area contributed by atoms with E-state index in [2.05, 4.69) is 56.4 Å². The third-order valence-electron chi connectivity index (χ3n) is 5.56. The van der Waals surface area contributed by atoms with Crippen LogP contribution >= 0.6 is 0 Å². The molecule has 0 aliphatic carbocycles. The van der Waals surface area contributed by atoms with Crippen molar-refractivity contribution in [3.05, 3.63) is 66.4 Å². The SMILES string of the molecule is c1ccc(CN2C[C@@H]3CN(c4ccc(-c5ccco5)nn4)C[C@@H]3C2)cc1. The lowest BCUT2D eigenvalue weighted by Crippen LogP contribution is -2.29. The van der Waals surface area contributed by atoms with Crippen LogP contribution in [0.2, 0.25) is 0 Å². The molecule has 5 heteroatoms. The third-order valence-corrected chi connectivity index (χ3v) is 5.56. The minimum absolute atomic E-state index is 0.727. The predicted octanol–water partition coefficient (Wildman–Crippen LogP) is 3.30. The van der Waals surface area contributed by atoms with E-state index < -0.39 is 0 Å². The zero-order valence-corrected chi connectivity index (χ0v) is 14.7. The van der Waals surface area contributed by atoms with Crippen molar-refractivity contribution in [3.63, 3.8) is 0 Å². The maximum Gasteiger partial charge on any atom is 0.154 e. The van der Waals surface area contributed by atoms with Crippen molar-refractivity contribution in [1.82, 2.24) is 15.1 Å². The first-order valence-electron chi connectivity index (χ1n) is 9.24. The minimum Gasteiger partial charge on any atom is -0.463 e. The fraction of sp³-hybridized carbons (Fsp3) is 0.333. The van der Waals surface area contributed by atoms with Crippen molar-refractivity contribution in [2.24, 2.45) is 11.8 Å². The lowest BCUT2D eigenvalue weighted by molar-refractivity contribution is 0.309. The molecule has 0 spiro atoms. The lowest BCUT2D eigenvalue weighted by Gasteiger charge is -2.22. The van der Waals surface area contributed by atoms with Gasteiger partial charge in [0.25, 0.3) is 0 Å². The Morgan fingerprint density at radius 1 is 0.846 bits per heavy atom. The number of rotatable bonds is 4. The van der Waals surface area contributed by atoms with Crippen molar-refractivity contribution >= 4 is 5.82 Å². The van der Waals surface area contributed by atoms with Crippen LogP contribution in [-0.4, -0.2) is 41.3 Å². The molecular weight excluding hydrogens is 324 g/mol. The molecule has 2 saturated heterocycles. The molecule has 0 unspecified atom stereocenters. The van der Waals surface area contributed by atoms with Gasteiger partial charge in [-0.15, -0.1) is 10.2 Å². The molecule has 2 aliphatic rings. The number of hydrogen-bond acceptors (Lipinski definition) is 5. The molecule has 0 saturated carbocycles. The Morgan fingerprint density at radius 3 is 2.31 bits per heavy atom. The Morgan fingerprint density at radius 2 is 1.65 bits per heavy atom. The highest BCUT2D eigenvalue weighted by molar-refractivity contribution is 5.53. The smallest absolute Gasteiger partial charge is 0.154 e. The fourth-order valence-electron chi connectivity index (χ4n) is 4.30. The van der Waals surface area contributed by atoms with Gasteiger partial charge in [-0.25, -0.2) is 0 Å². The summed E-state index contributed by atoms with van der Waals surface area (Å²) in [6.07, 6.45) is 1.66. The number of anilines is 1. The van der Waals surface area contributed by atoms with Gasteiger partial charge in [0.2, 0.25) is 0 Å². The first kappa shape index (κ1) is 15.6. The predicted molar refractivity (Wildman–Crippen MR) is 101 cm³/mol.